The van der Waals surface area contributed by atoms with Gasteiger partial charge in [-0.05, 0) is 26.2 Å². The zero-order valence-electron chi connectivity index (χ0n) is 9.57. The molecular formula is C11H19NO4. The first kappa shape index (κ1) is 14.6. The first-order valence-electron chi connectivity index (χ1n) is 5.32. The molecule has 5 nitrogen and oxygen atoms in total. The summed E-state index contributed by atoms with van der Waals surface area (Å²) in [6.45, 7) is 5.66. The van der Waals surface area contributed by atoms with Crippen LogP contribution >= 0.6 is 0 Å². The Hall–Kier alpha value is -1.36. The second kappa shape index (κ2) is 8.91. The Morgan fingerprint density at radius 3 is 2.75 bits per heavy atom. The summed E-state index contributed by atoms with van der Waals surface area (Å²) < 4.78 is 4.88. The Morgan fingerprint density at radius 1 is 1.56 bits per heavy atom. The summed E-state index contributed by atoms with van der Waals surface area (Å²) in [6, 6.07) is -0.840. The minimum absolute atomic E-state index is 0.0955. The molecule has 0 heterocycles. The maximum Gasteiger partial charge on any atom is 0.326 e. The summed E-state index contributed by atoms with van der Waals surface area (Å²) in [5, 5.41) is 11.3. The van der Waals surface area contributed by atoms with Crippen molar-refractivity contribution in [3.63, 3.8) is 0 Å². The lowest BCUT2D eigenvalue weighted by Gasteiger charge is -2.13. The average Bonchev–Trinajstić information content (AvgIpc) is 2.25. The van der Waals surface area contributed by atoms with E-state index >= 15 is 0 Å². The normalized spacial score (nSPS) is 11.8. The molecule has 0 radical (unpaired) electrons. The standard InChI is InChI=1S/C11H19NO4/c1-3-5-6-7-9(11(14)15)12-10(13)8-16-4-2/h3,9H,1,4-8H2,2H3,(H,12,13)(H,14,15)/t9-/m0/s1. The Labute approximate surface area is 95.5 Å². The molecule has 1 atom stereocenters. The molecular weight excluding hydrogens is 210 g/mol. The molecule has 1 amide bonds. The maximum atomic E-state index is 11.2. The van der Waals surface area contributed by atoms with E-state index < -0.39 is 17.9 Å². The number of carboxylic acids is 1. The van der Waals surface area contributed by atoms with Crippen molar-refractivity contribution in [1.29, 1.82) is 0 Å². The van der Waals surface area contributed by atoms with Gasteiger partial charge < -0.3 is 15.2 Å². The molecule has 92 valence electrons. The summed E-state index contributed by atoms with van der Waals surface area (Å²) in [5.74, 6) is -1.42. The highest BCUT2D eigenvalue weighted by atomic mass is 16.5. The molecule has 0 rings (SSSR count). The molecule has 2 N–H and O–H groups in total. The molecule has 0 aliphatic rings. The van der Waals surface area contributed by atoms with Crippen LogP contribution < -0.4 is 5.32 Å². The van der Waals surface area contributed by atoms with Gasteiger partial charge in [0, 0.05) is 6.61 Å². The summed E-state index contributed by atoms with van der Waals surface area (Å²) in [7, 11) is 0. The lowest BCUT2D eigenvalue weighted by molar-refractivity contribution is -0.142. The second-order valence-electron chi connectivity index (χ2n) is 3.32. The highest BCUT2D eigenvalue weighted by Gasteiger charge is 2.18. The Balaban J connectivity index is 3.96. The first-order valence-corrected chi connectivity index (χ1v) is 5.32. The fourth-order valence-corrected chi connectivity index (χ4v) is 1.15. The zero-order chi connectivity index (χ0) is 12.4. The topological polar surface area (TPSA) is 75.6 Å². The fourth-order valence-electron chi connectivity index (χ4n) is 1.15. The Morgan fingerprint density at radius 2 is 2.25 bits per heavy atom. The third-order valence-electron chi connectivity index (χ3n) is 1.97. The van der Waals surface area contributed by atoms with Crippen LogP contribution in [0.25, 0.3) is 0 Å². The van der Waals surface area contributed by atoms with Crippen molar-refractivity contribution < 1.29 is 19.4 Å². The number of carbonyl (C=O) groups excluding carboxylic acids is 1. The smallest absolute Gasteiger partial charge is 0.326 e. The SMILES string of the molecule is C=CCCC[C@H](NC(=O)COCC)C(=O)O. The fraction of sp³-hybridized carbons (Fsp3) is 0.636. The molecule has 0 saturated carbocycles. The molecule has 0 aromatic carbocycles. The Bertz CT molecular complexity index is 240. The summed E-state index contributed by atoms with van der Waals surface area (Å²) in [5.41, 5.74) is 0. The number of unbranched alkanes of at least 4 members (excludes halogenated alkanes) is 1. The lowest BCUT2D eigenvalue weighted by Crippen LogP contribution is -2.42. The number of rotatable bonds is 9. The van der Waals surface area contributed by atoms with E-state index in [4.69, 9.17) is 9.84 Å². The van der Waals surface area contributed by atoms with Gasteiger partial charge in [0.15, 0.2) is 0 Å². The number of allylic oxidation sites excluding steroid dienone is 1. The second-order valence-corrected chi connectivity index (χ2v) is 3.32. The highest BCUT2D eigenvalue weighted by molar-refractivity contribution is 5.84. The van der Waals surface area contributed by atoms with Gasteiger partial charge in [-0.25, -0.2) is 4.79 Å². The number of ether oxygens (including phenoxy) is 1. The van der Waals surface area contributed by atoms with Crippen LogP contribution in [0.2, 0.25) is 0 Å². The number of hydrogen-bond acceptors (Lipinski definition) is 3. The monoisotopic (exact) mass is 229 g/mol. The van der Waals surface area contributed by atoms with Crippen molar-refractivity contribution in [1.82, 2.24) is 5.32 Å². The molecule has 5 heteroatoms. The van der Waals surface area contributed by atoms with E-state index in [2.05, 4.69) is 11.9 Å². The zero-order valence-corrected chi connectivity index (χ0v) is 9.57. The molecule has 0 aromatic rings. The number of carbonyl (C=O) groups is 2. The predicted molar refractivity (Wildman–Crippen MR) is 60.1 cm³/mol. The molecule has 0 saturated heterocycles. The van der Waals surface area contributed by atoms with Crippen LogP contribution in [0.3, 0.4) is 0 Å². The maximum absolute atomic E-state index is 11.2. The van der Waals surface area contributed by atoms with E-state index in [0.717, 1.165) is 6.42 Å². The van der Waals surface area contributed by atoms with E-state index in [-0.39, 0.29) is 6.61 Å². The van der Waals surface area contributed by atoms with Gasteiger partial charge in [0.1, 0.15) is 12.6 Å². The summed E-state index contributed by atoms with van der Waals surface area (Å²) in [6.07, 6.45) is 3.56. The number of hydrogen-bond donors (Lipinski definition) is 2. The van der Waals surface area contributed by atoms with Crippen LogP contribution in [0, 0.1) is 0 Å². The van der Waals surface area contributed by atoms with E-state index in [1.54, 1.807) is 13.0 Å². The molecule has 0 fully saturated rings. The van der Waals surface area contributed by atoms with E-state index in [1.165, 1.54) is 0 Å². The number of carboxylic acid groups (broad SMARTS) is 1. The van der Waals surface area contributed by atoms with Crippen molar-refractivity contribution in [2.75, 3.05) is 13.2 Å². The van der Waals surface area contributed by atoms with Gasteiger partial charge in [-0.2, -0.15) is 0 Å². The Kier molecular flexibility index (Phi) is 8.15. The molecule has 0 unspecified atom stereocenters. The van der Waals surface area contributed by atoms with Gasteiger partial charge in [-0.15, -0.1) is 6.58 Å². The minimum atomic E-state index is -1.02. The summed E-state index contributed by atoms with van der Waals surface area (Å²) in [4.78, 5) is 22.1. The minimum Gasteiger partial charge on any atom is -0.480 e. The van der Waals surface area contributed by atoms with Gasteiger partial charge >= 0.3 is 5.97 Å². The van der Waals surface area contributed by atoms with Gasteiger partial charge in [-0.3, -0.25) is 4.79 Å². The van der Waals surface area contributed by atoms with Crippen molar-refractivity contribution in [3.8, 4) is 0 Å². The van der Waals surface area contributed by atoms with E-state index in [9.17, 15) is 9.59 Å². The van der Waals surface area contributed by atoms with E-state index in [1.807, 2.05) is 0 Å². The van der Waals surface area contributed by atoms with Gasteiger partial charge in [0.2, 0.25) is 5.91 Å². The van der Waals surface area contributed by atoms with E-state index in [0.29, 0.717) is 19.4 Å². The lowest BCUT2D eigenvalue weighted by atomic mass is 10.1. The van der Waals surface area contributed by atoms with Crippen LogP contribution in [0.5, 0.6) is 0 Å². The largest absolute Gasteiger partial charge is 0.480 e. The molecule has 0 aromatic heterocycles. The van der Waals surface area contributed by atoms with Gasteiger partial charge in [0.05, 0.1) is 0 Å². The van der Waals surface area contributed by atoms with Crippen LogP contribution in [-0.2, 0) is 14.3 Å². The average molecular weight is 229 g/mol. The van der Waals surface area contributed by atoms with Crippen LogP contribution in [0.15, 0.2) is 12.7 Å². The number of nitrogens with one attached hydrogen (secondary N) is 1. The van der Waals surface area contributed by atoms with Crippen LogP contribution in [0.4, 0.5) is 0 Å². The third-order valence-corrected chi connectivity index (χ3v) is 1.97. The van der Waals surface area contributed by atoms with Crippen molar-refractivity contribution in [3.05, 3.63) is 12.7 Å². The van der Waals surface area contributed by atoms with Crippen molar-refractivity contribution in [2.24, 2.45) is 0 Å². The van der Waals surface area contributed by atoms with Crippen molar-refractivity contribution in [2.45, 2.75) is 32.2 Å². The quantitative estimate of drug-likeness (QED) is 0.456. The molecule has 0 bridgehead atoms. The van der Waals surface area contributed by atoms with Crippen LogP contribution in [-0.4, -0.2) is 36.2 Å². The first-order chi connectivity index (χ1) is 7.61. The molecule has 0 aliphatic heterocycles. The van der Waals surface area contributed by atoms with Crippen molar-refractivity contribution >= 4 is 11.9 Å². The number of aliphatic carboxylic acids is 1. The highest BCUT2D eigenvalue weighted by Crippen LogP contribution is 2.01. The number of amides is 1. The molecule has 16 heavy (non-hydrogen) atoms. The predicted octanol–water partition coefficient (Wildman–Crippen LogP) is 0.949. The van der Waals surface area contributed by atoms with Crippen LogP contribution in [0.1, 0.15) is 26.2 Å². The summed E-state index contributed by atoms with van der Waals surface area (Å²) >= 11 is 0. The van der Waals surface area contributed by atoms with Gasteiger partial charge in [-0.1, -0.05) is 6.08 Å². The molecule has 0 spiro atoms. The van der Waals surface area contributed by atoms with Gasteiger partial charge in [0.25, 0.3) is 0 Å². The third kappa shape index (κ3) is 7.00. The molecule has 0 aliphatic carbocycles.